The van der Waals surface area contributed by atoms with Crippen LogP contribution in [0.15, 0.2) is 54.9 Å². The highest BCUT2D eigenvalue weighted by atomic mass is 16.2. The zero-order valence-electron chi connectivity index (χ0n) is 19.8. The summed E-state index contributed by atoms with van der Waals surface area (Å²) in [5, 5.41) is 12.3. The number of carbonyl (C=O) groups is 2. The molecule has 2 amide bonds. The first kappa shape index (κ1) is 22.0. The van der Waals surface area contributed by atoms with Crippen LogP contribution in [0, 0.1) is 0 Å². The van der Waals surface area contributed by atoms with Crippen LogP contribution in [0.1, 0.15) is 36.0 Å². The van der Waals surface area contributed by atoms with Gasteiger partial charge < -0.3 is 21.3 Å². The van der Waals surface area contributed by atoms with Gasteiger partial charge in [-0.15, -0.1) is 0 Å². The third kappa shape index (κ3) is 4.57. The molecule has 10 heteroatoms. The number of fused-ring (bicyclic) bond motifs is 1. The molecule has 10 nitrogen and oxygen atoms in total. The fourth-order valence-electron chi connectivity index (χ4n) is 3.97. The lowest BCUT2D eigenvalue weighted by Gasteiger charge is -2.11. The van der Waals surface area contributed by atoms with E-state index in [9.17, 15) is 9.59 Å². The Balaban J connectivity index is 1.24. The summed E-state index contributed by atoms with van der Waals surface area (Å²) in [5.74, 6) is 0.839. The van der Waals surface area contributed by atoms with Gasteiger partial charge in [0.2, 0.25) is 5.95 Å². The van der Waals surface area contributed by atoms with E-state index in [1.165, 1.54) is 10.9 Å². The van der Waals surface area contributed by atoms with Gasteiger partial charge in [-0.2, -0.15) is 9.97 Å². The molecule has 0 aliphatic heterocycles. The summed E-state index contributed by atoms with van der Waals surface area (Å²) < 4.78 is 1.42. The minimum Gasteiger partial charge on any atom is -0.371 e. The molecule has 182 valence electrons. The topological polar surface area (TPSA) is 126 Å². The number of imidazole rings is 1. The van der Waals surface area contributed by atoms with Crippen LogP contribution in [0.2, 0.25) is 0 Å². The second-order valence-electron chi connectivity index (χ2n) is 9.19. The van der Waals surface area contributed by atoms with Gasteiger partial charge in [-0.3, -0.25) is 4.79 Å². The van der Waals surface area contributed by atoms with Crippen LogP contribution in [-0.2, 0) is 0 Å². The SMILES string of the molecule is CNc1nc(Nc2cccc(-c3ccc(C(=O)NC4CC4)cc3)c2)nc2c1ncn2C(=O)NC1CC1. The highest BCUT2D eigenvalue weighted by Crippen LogP contribution is 2.27. The predicted molar refractivity (Wildman–Crippen MR) is 137 cm³/mol. The monoisotopic (exact) mass is 482 g/mol. The van der Waals surface area contributed by atoms with Crippen molar-refractivity contribution in [3.05, 3.63) is 60.4 Å². The van der Waals surface area contributed by atoms with E-state index >= 15 is 0 Å². The number of hydrogen-bond donors (Lipinski definition) is 4. The van der Waals surface area contributed by atoms with Gasteiger partial charge in [0.1, 0.15) is 6.33 Å². The van der Waals surface area contributed by atoms with Crippen LogP contribution < -0.4 is 21.3 Å². The maximum atomic E-state index is 12.6. The summed E-state index contributed by atoms with van der Waals surface area (Å²) in [6, 6.07) is 15.7. The molecule has 2 aromatic carbocycles. The van der Waals surface area contributed by atoms with E-state index in [0.717, 1.165) is 42.5 Å². The van der Waals surface area contributed by atoms with Crippen molar-refractivity contribution in [2.24, 2.45) is 0 Å². The normalized spacial score (nSPS) is 14.9. The molecule has 0 radical (unpaired) electrons. The van der Waals surface area contributed by atoms with Crippen molar-refractivity contribution in [3.63, 3.8) is 0 Å². The Hall–Kier alpha value is -4.47. The summed E-state index contributed by atoms with van der Waals surface area (Å²) in [5.41, 5.74) is 4.36. The zero-order valence-corrected chi connectivity index (χ0v) is 19.8. The molecule has 0 unspecified atom stereocenters. The maximum absolute atomic E-state index is 12.6. The largest absolute Gasteiger partial charge is 0.371 e. The fourth-order valence-corrected chi connectivity index (χ4v) is 3.97. The molecule has 2 aromatic heterocycles. The average Bonchev–Trinajstić information content (AvgIpc) is 3.83. The molecule has 2 heterocycles. The fraction of sp³-hybridized carbons (Fsp3) is 0.269. The Morgan fingerprint density at radius 3 is 2.39 bits per heavy atom. The van der Waals surface area contributed by atoms with Crippen LogP contribution in [-0.4, -0.2) is 50.6 Å². The van der Waals surface area contributed by atoms with Crippen LogP contribution >= 0.6 is 0 Å². The molecule has 2 aliphatic rings. The van der Waals surface area contributed by atoms with Crippen molar-refractivity contribution in [2.75, 3.05) is 17.7 Å². The number of rotatable bonds is 7. The van der Waals surface area contributed by atoms with E-state index < -0.39 is 0 Å². The molecular weight excluding hydrogens is 456 g/mol. The number of nitrogens with one attached hydrogen (secondary N) is 4. The van der Waals surface area contributed by atoms with Gasteiger partial charge in [0.25, 0.3) is 5.91 Å². The Labute approximate surface area is 207 Å². The van der Waals surface area contributed by atoms with Gasteiger partial charge >= 0.3 is 6.03 Å². The Kier molecular flexibility index (Phi) is 5.48. The number of aromatic nitrogens is 4. The van der Waals surface area contributed by atoms with Gasteiger partial charge in [-0.1, -0.05) is 24.3 Å². The third-order valence-corrected chi connectivity index (χ3v) is 6.27. The molecule has 0 bridgehead atoms. The van der Waals surface area contributed by atoms with Crippen molar-refractivity contribution in [3.8, 4) is 11.1 Å². The van der Waals surface area contributed by atoms with E-state index in [1.54, 1.807) is 7.05 Å². The zero-order chi connectivity index (χ0) is 24.6. The van der Waals surface area contributed by atoms with E-state index in [-0.39, 0.29) is 18.0 Å². The first-order chi connectivity index (χ1) is 17.6. The molecule has 4 aromatic rings. The first-order valence-electron chi connectivity index (χ1n) is 12.1. The molecule has 0 saturated heterocycles. The summed E-state index contributed by atoms with van der Waals surface area (Å²) >= 11 is 0. The van der Waals surface area contributed by atoms with Crippen molar-refractivity contribution in [2.45, 2.75) is 37.8 Å². The highest BCUT2D eigenvalue weighted by Gasteiger charge is 2.26. The van der Waals surface area contributed by atoms with E-state index in [4.69, 9.17) is 0 Å². The summed E-state index contributed by atoms with van der Waals surface area (Å²) in [4.78, 5) is 38.4. The minimum absolute atomic E-state index is 0.0302. The van der Waals surface area contributed by atoms with Gasteiger partial charge in [0.15, 0.2) is 17.0 Å². The van der Waals surface area contributed by atoms with E-state index in [1.807, 2.05) is 48.5 Å². The molecule has 2 saturated carbocycles. The molecular formula is C26H26N8O2. The van der Waals surface area contributed by atoms with Gasteiger partial charge in [0, 0.05) is 30.4 Å². The lowest BCUT2D eigenvalue weighted by atomic mass is 10.0. The smallest absolute Gasteiger partial charge is 0.328 e. The number of amides is 2. The van der Waals surface area contributed by atoms with E-state index in [0.29, 0.717) is 34.5 Å². The van der Waals surface area contributed by atoms with Crippen LogP contribution in [0.4, 0.5) is 22.2 Å². The lowest BCUT2D eigenvalue weighted by molar-refractivity contribution is 0.0951. The number of anilines is 3. The van der Waals surface area contributed by atoms with Crippen molar-refractivity contribution in [1.29, 1.82) is 0 Å². The molecule has 0 atom stereocenters. The number of nitrogens with zero attached hydrogens (tertiary/aromatic N) is 4. The summed E-state index contributed by atoms with van der Waals surface area (Å²) in [6.45, 7) is 0. The minimum atomic E-state index is -0.247. The molecule has 2 fully saturated rings. The standard InChI is InChI=1S/C26H26N8O2/c1-27-22-21-23(34(14-28-21)26(36)31-19-11-12-19)33-25(32-22)30-20-4-2-3-17(13-20)15-5-7-16(8-6-15)24(35)29-18-9-10-18/h2-8,13-14,18-19H,9-12H2,1H3,(H,29,35)(H,31,36)(H2,27,30,32,33). The first-order valence-corrected chi connectivity index (χ1v) is 12.1. The lowest BCUT2D eigenvalue weighted by Crippen LogP contribution is -2.30. The summed E-state index contributed by atoms with van der Waals surface area (Å²) in [7, 11) is 1.75. The van der Waals surface area contributed by atoms with Crippen LogP contribution in [0.5, 0.6) is 0 Å². The summed E-state index contributed by atoms with van der Waals surface area (Å²) in [6.07, 6.45) is 5.58. The second kappa shape index (κ2) is 8.95. The molecule has 36 heavy (non-hydrogen) atoms. The quantitative estimate of drug-likeness (QED) is 0.315. The molecule has 0 spiro atoms. The third-order valence-electron chi connectivity index (χ3n) is 6.27. The Bertz CT molecular complexity index is 1450. The predicted octanol–water partition coefficient (Wildman–Crippen LogP) is 3.89. The molecule has 2 aliphatic carbocycles. The second-order valence-corrected chi connectivity index (χ2v) is 9.19. The van der Waals surface area contributed by atoms with Crippen molar-refractivity contribution >= 4 is 40.6 Å². The van der Waals surface area contributed by atoms with Gasteiger partial charge in [0.05, 0.1) is 0 Å². The van der Waals surface area contributed by atoms with Gasteiger partial charge in [-0.25, -0.2) is 14.3 Å². The highest BCUT2D eigenvalue weighted by molar-refractivity contribution is 5.95. The van der Waals surface area contributed by atoms with Gasteiger partial charge in [-0.05, 0) is 61.1 Å². The molecule has 6 rings (SSSR count). The number of benzene rings is 2. The number of carbonyl (C=O) groups excluding carboxylic acids is 2. The maximum Gasteiger partial charge on any atom is 0.328 e. The Morgan fingerprint density at radius 1 is 0.917 bits per heavy atom. The number of hydrogen-bond acceptors (Lipinski definition) is 7. The van der Waals surface area contributed by atoms with Crippen LogP contribution in [0.3, 0.4) is 0 Å². The van der Waals surface area contributed by atoms with Crippen LogP contribution in [0.25, 0.3) is 22.3 Å². The van der Waals surface area contributed by atoms with Crippen molar-refractivity contribution < 1.29 is 9.59 Å². The van der Waals surface area contributed by atoms with Crippen molar-refractivity contribution in [1.82, 2.24) is 30.2 Å². The molecule has 4 N–H and O–H groups in total. The Morgan fingerprint density at radius 2 is 1.67 bits per heavy atom. The van der Waals surface area contributed by atoms with E-state index in [2.05, 4.69) is 36.2 Å². The average molecular weight is 483 g/mol.